The van der Waals surface area contributed by atoms with Gasteiger partial charge in [0.2, 0.25) is 6.33 Å². The molecule has 0 aliphatic rings. The molecule has 0 saturated carbocycles. The SMILES string of the molecule is CCCCCCCn1cc[n+](CC(P(=O)([O-])[O-])P(=O)([O-])[O-])c1. The number of rotatable bonds is 10. The molecule has 0 atom stereocenters. The molecular weight excluding hydrogens is 330 g/mol. The lowest BCUT2D eigenvalue weighted by molar-refractivity contribution is -0.695. The molecule has 0 aromatic carbocycles. The van der Waals surface area contributed by atoms with E-state index in [1.807, 2.05) is 0 Å². The molecule has 0 aliphatic heterocycles. The van der Waals surface area contributed by atoms with Gasteiger partial charge in [-0.3, -0.25) is 0 Å². The zero-order valence-electron chi connectivity index (χ0n) is 12.5. The molecular formula is C12H21N2O6P2-3. The van der Waals surface area contributed by atoms with Crippen LogP contribution in [0.4, 0.5) is 0 Å². The summed E-state index contributed by atoms with van der Waals surface area (Å²) < 4.78 is 24.9. The Bertz CT molecular complexity index is 528. The van der Waals surface area contributed by atoms with Crippen molar-refractivity contribution in [3.63, 3.8) is 0 Å². The third kappa shape index (κ3) is 6.73. The van der Waals surface area contributed by atoms with Gasteiger partial charge >= 0.3 is 0 Å². The quantitative estimate of drug-likeness (QED) is 0.298. The van der Waals surface area contributed by atoms with Crippen molar-refractivity contribution in [2.45, 2.75) is 57.5 Å². The van der Waals surface area contributed by atoms with E-state index in [4.69, 9.17) is 0 Å². The molecule has 0 amide bonds. The number of hydrogen-bond donors (Lipinski definition) is 0. The lowest BCUT2D eigenvalue weighted by Crippen LogP contribution is -2.45. The number of nitrogens with zero attached hydrogens (tertiary/aromatic N) is 2. The summed E-state index contributed by atoms with van der Waals surface area (Å²) >= 11 is 0. The molecule has 128 valence electrons. The standard InChI is InChI=1S/C12H24N2O6P2/c1-2-3-4-5-6-7-13-8-9-14(11-13)10-12(21(15,16)17)22(18,19)20/h8-9,11-12H,2-7,10H2,1H3,(H3-,15,16,17,18,19,20)/p-3. The predicted octanol–water partition coefficient (Wildman–Crippen LogP) is -1.10. The first-order valence-electron chi connectivity index (χ1n) is 7.23. The molecule has 1 aromatic rings. The topological polar surface area (TPSA) is 135 Å². The smallest absolute Gasteiger partial charge is 0.243 e. The molecule has 0 aliphatic carbocycles. The summed E-state index contributed by atoms with van der Waals surface area (Å²) in [5, 5.41) is -2.45. The van der Waals surface area contributed by atoms with E-state index < -0.39 is 27.1 Å². The number of hydrogen-bond acceptors (Lipinski definition) is 6. The van der Waals surface area contributed by atoms with Crippen molar-refractivity contribution in [2.75, 3.05) is 0 Å². The molecule has 1 heterocycles. The van der Waals surface area contributed by atoms with Gasteiger partial charge in [0.1, 0.15) is 18.9 Å². The first-order chi connectivity index (χ1) is 10.1. The van der Waals surface area contributed by atoms with E-state index in [2.05, 4.69) is 6.92 Å². The zero-order valence-corrected chi connectivity index (χ0v) is 14.3. The van der Waals surface area contributed by atoms with Gasteiger partial charge in [0, 0.05) is 0 Å². The predicted molar refractivity (Wildman–Crippen MR) is 72.4 cm³/mol. The van der Waals surface area contributed by atoms with Gasteiger partial charge in [-0.25, -0.2) is 9.13 Å². The molecule has 1 aromatic heterocycles. The van der Waals surface area contributed by atoms with E-state index >= 15 is 0 Å². The number of unbranched alkanes of at least 4 members (excludes halogenated alkanes) is 4. The van der Waals surface area contributed by atoms with Crippen molar-refractivity contribution in [1.82, 2.24) is 4.57 Å². The zero-order chi connectivity index (χ0) is 16.8. The first kappa shape index (κ1) is 19.6. The van der Waals surface area contributed by atoms with Gasteiger partial charge in [0.15, 0.2) is 0 Å². The fraction of sp³-hybridized carbons (Fsp3) is 0.750. The monoisotopic (exact) mass is 351 g/mol. The largest absolute Gasteiger partial charge is 0.810 e. The van der Waals surface area contributed by atoms with E-state index in [9.17, 15) is 28.7 Å². The summed E-state index contributed by atoms with van der Waals surface area (Å²) in [5.74, 6) is 0. The van der Waals surface area contributed by atoms with E-state index in [1.165, 1.54) is 23.5 Å². The van der Waals surface area contributed by atoms with Gasteiger partial charge in [0.25, 0.3) is 0 Å². The van der Waals surface area contributed by atoms with Crippen LogP contribution in [0.5, 0.6) is 0 Å². The van der Waals surface area contributed by atoms with Crippen LogP contribution >= 0.6 is 15.2 Å². The first-order valence-corrected chi connectivity index (χ1v) is 10.4. The summed E-state index contributed by atoms with van der Waals surface area (Å²) in [6.45, 7) is 2.17. The summed E-state index contributed by atoms with van der Waals surface area (Å²) in [6, 6.07) is 0. The van der Waals surface area contributed by atoms with Crippen LogP contribution in [0.1, 0.15) is 39.0 Å². The van der Waals surface area contributed by atoms with Crippen molar-refractivity contribution < 1.29 is 33.3 Å². The Morgan fingerprint density at radius 2 is 1.64 bits per heavy atom. The van der Waals surface area contributed by atoms with Crippen LogP contribution in [0, 0.1) is 0 Å². The lowest BCUT2D eigenvalue weighted by Gasteiger charge is -2.48. The molecule has 1 rings (SSSR count). The molecule has 0 N–H and O–H groups in total. The van der Waals surface area contributed by atoms with Crippen LogP contribution in [-0.4, -0.2) is 9.97 Å². The summed E-state index contributed by atoms with van der Waals surface area (Å²) in [6.07, 6.45) is 10.1. The van der Waals surface area contributed by atoms with Crippen molar-refractivity contribution in [2.24, 2.45) is 0 Å². The Kier molecular flexibility index (Phi) is 7.46. The Hall–Kier alpha value is -0.490. The van der Waals surface area contributed by atoms with Crippen LogP contribution in [0.15, 0.2) is 18.7 Å². The molecule has 0 radical (unpaired) electrons. The second-order valence-electron chi connectivity index (χ2n) is 5.32. The normalized spacial score (nSPS) is 13.0. The van der Waals surface area contributed by atoms with Gasteiger partial charge in [-0.15, -0.1) is 0 Å². The average molecular weight is 351 g/mol. The van der Waals surface area contributed by atoms with Crippen molar-refractivity contribution in [3.8, 4) is 0 Å². The Labute approximate surface area is 130 Å². The van der Waals surface area contributed by atoms with Gasteiger partial charge in [-0.2, -0.15) is 0 Å². The second-order valence-corrected chi connectivity index (χ2v) is 9.14. The molecule has 0 saturated heterocycles. The molecule has 22 heavy (non-hydrogen) atoms. The number of aromatic nitrogens is 2. The second kappa shape index (κ2) is 8.39. The molecule has 0 fully saturated rings. The van der Waals surface area contributed by atoms with Crippen molar-refractivity contribution in [3.05, 3.63) is 18.7 Å². The van der Waals surface area contributed by atoms with Gasteiger partial charge in [-0.1, -0.05) is 41.4 Å². The lowest BCUT2D eigenvalue weighted by atomic mass is 10.1. The molecule has 10 heteroatoms. The highest BCUT2D eigenvalue weighted by atomic mass is 31.2. The fourth-order valence-corrected chi connectivity index (χ4v) is 4.30. The van der Waals surface area contributed by atoms with Gasteiger partial charge in [0.05, 0.1) is 11.9 Å². The van der Waals surface area contributed by atoms with Crippen LogP contribution < -0.4 is 24.1 Å². The van der Waals surface area contributed by atoms with Gasteiger partial charge < -0.3 is 28.7 Å². The molecule has 8 nitrogen and oxygen atoms in total. The van der Waals surface area contributed by atoms with Crippen molar-refractivity contribution >= 4 is 15.2 Å². The minimum atomic E-state index is -5.51. The molecule has 0 unspecified atom stereocenters. The van der Waals surface area contributed by atoms with Crippen LogP contribution in [0.3, 0.4) is 0 Å². The minimum Gasteiger partial charge on any atom is -0.810 e. The average Bonchev–Trinajstić information content (AvgIpc) is 2.81. The van der Waals surface area contributed by atoms with E-state index in [0.29, 0.717) is 6.54 Å². The van der Waals surface area contributed by atoms with Gasteiger partial charge in [-0.05, 0) is 12.8 Å². The van der Waals surface area contributed by atoms with E-state index in [1.54, 1.807) is 10.8 Å². The highest BCUT2D eigenvalue weighted by Crippen LogP contribution is 2.49. The number of imidazole rings is 1. The third-order valence-corrected chi connectivity index (χ3v) is 6.85. The highest BCUT2D eigenvalue weighted by Gasteiger charge is 2.21. The maximum absolute atomic E-state index is 10.9. The van der Waals surface area contributed by atoms with Crippen LogP contribution in [0.2, 0.25) is 0 Å². The summed E-state index contributed by atoms with van der Waals surface area (Å²) in [5.41, 5.74) is 0. The Morgan fingerprint density at radius 3 is 2.18 bits per heavy atom. The van der Waals surface area contributed by atoms with Crippen LogP contribution in [-0.2, 0) is 22.2 Å². The van der Waals surface area contributed by atoms with Crippen molar-refractivity contribution in [1.29, 1.82) is 0 Å². The maximum atomic E-state index is 10.9. The molecule has 0 spiro atoms. The fourth-order valence-electron chi connectivity index (χ4n) is 2.14. The highest BCUT2D eigenvalue weighted by molar-refractivity contribution is 7.68. The third-order valence-electron chi connectivity index (χ3n) is 3.37. The van der Waals surface area contributed by atoms with E-state index in [-0.39, 0.29) is 0 Å². The number of aryl methyl sites for hydroxylation is 1. The minimum absolute atomic E-state index is 0.669. The Morgan fingerprint density at radius 1 is 1.05 bits per heavy atom. The summed E-state index contributed by atoms with van der Waals surface area (Å²) in [7, 11) is -11.0. The summed E-state index contributed by atoms with van der Waals surface area (Å²) in [4.78, 5) is 43.8. The van der Waals surface area contributed by atoms with E-state index in [0.717, 1.165) is 25.7 Å². The maximum Gasteiger partial charge on any atom is 0.243 e. The Balaban J connectivity index is 2.60. The van der Waals surface area contributed by atoms with Crippen LogP contribution in [0.25, 0.3) is 0 Å². The molecule has 0 bridgehead atoms.